The van der Waals surface area contributed by atoms with Crippen molar-refractivity contribution in [2.45, 2.75) is 41.7 Å². The maximum atomic E-state index is 13.8. The van der Waals surface area contributed by atoms with Crippen LogP contribution in [0.1, 0.15) is 20.7 Å². The molecule has 0 amide bonds. The summed E-state index contributed by atoms with van der Waals surface area (Å²) in [4.78, 5) is 22.0. The number of carbonyl (C=O) groups is 2. The summed E-state index contributed by atoms with van der Waals surface area (Å²) in [5, 5.41) is 16.3. The maximum absolute atomic E-state index is 13.8. The van der Waals surface area contributed by atoms with Crippen molar-refractivity contribution in [3.63, 3.8) is 0 Å². The molecule has 2 N–H and O–H groups in total. The Morgan fingerprint density at radius 3 is 1.35 bits per heavy atom. The van der Waals surface area contributed by atoms with Gasteiger partial charge in [-0.3, -0.25) is 0 Å². The summed E-state index contributed by atoms with van der Waals surface area (Å²) >= 11 is 5.27. The number of ether oxygens (including phenoxy) is 1. The molecule has 5 nitrogen and oxygen atoms in total. The number of carboxylic acid groups (broad SMARTS) is 2. The van der Waals surface area contributed by atoms with Crippen molar-refractivity contribution < 1.29 is 99.2 Å². The molecule has 0 heterocycles. The van der Waals surface area contributed by atoms with E-state index in [1.54, 1.807) is 0 Å². The van der Waals surface area contributed by atoms with Gasteiger partial charge in [-0.15, -0.1) is 0 Å². The Bertz CT molecular complexity index is 1220. The summed E-state index contributed by atoms with van der Waals surface area (Å²) in [6, 6.07) is -4.06. The van der Waals surface area contributed by atoms with Crippen LogP contribution in [0.4, 0.5) is 74.6 Å². The number of carboxylic acids is 2. The van der Waals surface area contributed by atoms with Crippen molar-refractivity contribution in [2.24, 2.45) is 0 Å². The second-order valence-corrected chi connectivity index (χ2v) is 7.48. The number of hydrogen-bond donors (Lipinski definition) is 2. The first-order valence-electron chi connectivity index (χ1n) is 8.82. The topological polar surface area (TPSA) is 83.8 Å². The van der Waals surface area contributed by atoms with E-state index in [-0.39, 0.29) is 12.1 Å². The van der Waals surface area contributed by atoms with E-state index in [1.165, 1.54) is 0 Å². The van der Waals surface area contributed by atoms with Crippen molar-refractivity contribution in [1.82, 2.24) is 0 Å². The van der Waals surface area contributed by atoms with E-state index in [4.69, 9.17) is 21.8 Å². The summed E-state index contributed by atoms with van der Waals surface area (Å²) in [5.41, 5.74) is -2.72. The molecule has 228 valence electrons. The van der Waals surface area contributed by atoms with Crippen LogP contribution in [0.3, 0.4) is 0 Å². The first-order chi connectivity index (χ1) is 17.4. The molecular formula is C17H4ClF17O5. The molecular weight excluding hydrogens is 643 g/mol. The van der Waals surface area contributed by atoms with Gasteiger partial charge in [-0.2, -0.15) is 74.6 Å². The standard InChI is InChI=1S/C17H4ClF17O5/c18-5-1-3(9(36)37)4(10(38)39)2-6(5)40-8(20)7(19)11(21,22)12(23,24)13(25,26)14(27,28)15(29,30)16(31,32)17(33,34)35/h1-2H,(H,36,37)(H,38,39). The Balaban J connectivity index is 3.72. The van der Waals surface area contributed by atoms with Crippen molar-refractivity contribution in [3.05, 3.63) is 40.1 Å². The number of halogens is 18. The predicted molar refractivity (Wildman–Crippen MR) is 91.0 cm³/mol. The number of hydrogen-bond acceptors (Lipinski definition) is 3. The van der Waals surface area contributed by atoms with Crippen LogP contribution in [-0.4, -0.2) is 63.9 Å². The van der Waals surface area contributed by atoms with Gasteiger partial charge in [0.25, 0.3) is 0 Å². The number of rotatable bonds is 10. The second kappa shape index (κ2) is 10.0. The molecule has 0 aromatic heterocycles. The smallest absolute Gasteiger partial charge is 0.460 e. The SMILES string of the molecule is O=C(O)c1cc(Cl)c(OC(F)=C(F)C(F)(F)C(F)(F)C(F)(F)C(F)(F)C(F)(F)C(F)(F)C(F)(F)F)cc1C(=O)O. The van der Waals surface area contributed by atoms with Gasteiger partial charge < -0.3 is 14.9 Å². The Morgan fingerprint density at radius 1 is 0.625 bits per heavy atom. The molecule has 1 rings (SSSR count). The summed E-state index contributed by atoms with van der Waals surface area (Å²) in [6.07, 6.45) is -7.87. The minimum absolute atomic E-state index is 0.0399. The third-order valence-corrected chi connectivity index (χ3v) is 4.80. The average molecular weight is 647 g/mol. The molecule has 0 radical (unpaired) electrons. The Hall–Kier alpha value is -3.20. The van der Waals surface area contributed by atoms with Gasteiger partial charge in [0.1, 0.15) is 5.75 Å². The molecule has 40 heavy (non-hydrogen) atoms. The normalized spacial score (nSPS) is 15.1. The lowest BCUT2D eigenvalue weighted by atomic mass is 9.91. The van der Waals surface area contributed by atoms with Crippen LogP contribution in [-0.2, 0) is 0 Å². The Labute approximate surface area is 211 Å². The van der Waals surface area contributed by atoms with Crippen molar-refractivity contribution in [3.8, 4) is 5.75 Å². The Kier molecular flexibility index (Phi) is 8.72. The molecule has 0 saturated heterocycles. The van der Waals surface area contributed by atoms with E-state index < -0.39 is 87.4 Å². The van der Waals surface area contributed by atoms with E-state index in [0.717, 1.165) is 0 Å². The lowest BCUT2D eigenvalue weighted by Crippen LogP contribution is -2.72. The molecule has 23 heteroatoms. The largest absolute Gasteiger partial charge is 0.478 e. The number of aromatic carboxylic acids is 2. The molecule has 0 atom stereocenters. The van der Waals surface area contributed by atoms with Gasteiger partial charge in [-0.1, -0.05) is 11.6 Å². The third kappa shape index (κ3) is 5.04. The van der Waals surface area contributed by atoms with Gasteiger partial charge >= 0.3 is 59.7 Å². The zero-order chi connectivity index (χ0) is 32.2. The molecule has 0 aliphatic carbocycles. The first-order valence-corrected chi connectivity index (χ1v) is 9.20. The van der Waals surface area contributed by atoms with Crippen LogP contribution in [0.5, 0.6) is 5.75 Å². The van der Waals surface area contributed by atoms with Gasteiger partial charge in [0, 0.05) is 0 Å². The fraction of sp³-hybridized carbons (Fsp3) is 0.412. The molecule has 0 bridgehead atoms. The van der Waals surface area contributed by atoms with E-state index in [9.17, 15) is 84.2 Å². The molecule has 1 aromatic carbocycles. The quantitative estimate of drug-likeness (QED) is 0.202. The molecule has 0 aliphatic heterocycles. The van der Waals surface area contributed by atoms with E-state index in [2.05, 4.69) is 4.74 Å². The highest BCUT2D eigenvalue weighted by Crippen LogP contribution is 2.63. The minimum atomic E-state index is -8.77. The molecule has 0 saturated carbocycles. The van der Waals surface area contributed by atoms with Gasteiger partial charge in [-0.05, 0) is 12.1 Å². The van der Waals surface area contributed by atoms with Gasteiger partial charge in [0.2, 0.25) is 5.83 Å². The minimum Gasteiger partial charge on any atom is -0.478 e. The molecule has 1 aromatic rings. The molecule has 0 spiro atoms. The lowest BCUT2D eigenvalue weighted by molar-refractivity contribution is -0.451. The summed E-state index contributed by atoms with van der Waals surface area (Å²) < 4.78 is 228. The molecule has 0 unspecified atom stereocenters. The van der Waals surface area contributed by atoms with Crippen molar-refractivity contribution >= 4 is 23.5 Å². The van der Waals surface area contributed by atoms with E-state index in [1.807, 2.05) is 0 Å². The third-order valence-electron chi connectivity index (χ3n) is 4.51. The number of allylic oxidation sites excluding steroid dienone is 1. The van der Waals surface area contributed by atoms with Crippen molar-refractivity contribution in [1.29, 1.82) is 0 Å². The van der Waals surface area contributed by atoms with Gasteiger partial charge in [-0.25, -0.2) is 9.59 Å². The highest BCUT2D eigenvalue weighted by molar-refractivity contribution is 6.32. The van der Waals surface area contributed by atoms with Gasteiger partial charge in [0.05, 0.1) is 16.1 Å². The number of benzene rings is 1. The van der Waals surface area contributed by atoms with Crippen LogP contribution >= 0.6 is 11.6 Å². The van der Waals surface area contributed by atoms with Crippen molar-refractivity contribution in [2.75, 3.05) is 0 Å². The summed E-state index contributed by atoms with van der Waals surface area (Å²) in [5.74, 6) is -61.5. The van der Waals surface area contributed by atoms with Gasteiger partial charge in [0.15, 0.2) is 0 Å². The first kappa shape index (κ1) is 34.8. The zero-order valence-electron chi connectivity index (χ0n) is 17.6. The van der Waals surface area contributed by atoms with Crippen LogP contribution in [0, 0.1) is 0 Å². The van der Waals surface area contributed by atoms with Crippen LogP contribution in [0.2, 0.25) is 5.02 Å². The summed E-state index contributed by atoms with van der Waals surface area (Å²) in [6.45, 7) is 0. The van der Waals surface area contributed by atoms with Crippen LogP contribution in [0.15, 0.2) is 24.0 Å². The predicted octanol–water partition coefficient (Wildman–Crippen LogP) is 7.60. The number of alkyl halides is 15. The Morgan fingerprint density at radius 2 is 0.975 bits per heavy atom. The molecule has 0 aliphatic rings. The highest BCUT2D eigenvalue weighted by atomic mass is 35.5. The van der Waals surface area contributed by atoms with E-state index >= 15 is 0 Å². The van der Waals surface area contributed by atoms with Crippen LogP contribution in [0.25, 0.3) is 0 Å². The lowest BCUT2D eigenvalue weighted by Gasteiger charge is -2.41. The fourth-order valence-electron chi connectivity index (χ4n) is 2.35. The monoisotopic (exact) mass is 646 g/mol. The fourth-order valence-corrected chi connectivity index (χ4v) is 2.56. The molecule has 0 fully saturated rings. The maximum Gasteiger partial charge on any atom is 0.460 e. The van der Waals surface area contributed by atoms with Crippen LogP contribution < -0.4 is 4.74 Å². The zero-order valence-corrected chi connectivity index (χ0v) is 18.3. The van der Waals surface area contributed by atoms with E-state index in [0.29, 0.717) is 0 Å². The summed E-state index contributed by atoms with van der Waals surface area (Å²) in [7, 11) is 0. The average Bonchev–Trinajstić information content (AvgIpc) is 2.77. The second-order valence-electron chi connectivity index (χ2n) is 7.07. The highest BCUT2D eigenvalue weighted by Gasteiger charge is 2.93.